The molecule has 1 heterocycles. The monoisotopic (exact) mass is 261 g/mol. The average Bonchev–Trinajstić information content (AvgIpc) is 2.34. The average molecular weight is 261 g/mol. The molecule has 4 N–H and O–H groups in total. The molecule has 0 atom stereocenters. The van der Waals surface area contributed by atoms with Crippen molar-refractivity contribution in [1.29, 1.82) is 0 Å². The Bertz CT molecular complexity index is 644. The minimum absolute atomic E-state index is 0.0120. The molecule has 0 bridgehead atoms. The van der Waals surface area contributed by atoms with Crippen molar-refractivity contribution < 1.29 is 13.9 Å². The van der Waals surface area contributed by atoms with Crippen molar-refractivity contribution in [1.82, 2.24) is 4.98 Å². The molecule has 0 unspecified atom stereocenters. The molecule has 5 nitrogen and oxygen atoms in total. The van der Waals surface area contributed by atoms with Crippen LogP contribution in [0.15, 0.2) is 30.5 Å². The van der Waals surface area contributed by atoms with Gasteiger partial charge in [-0.25, -0.2) is 4.39 Å². The van der Waals surface area contributed by atoms with E-state index < -0.39 is 11.7 Å². The number of aromatic nitrogens is 1. The highest BCUT2D eigenvalue weighted by atomic mass is 19.1. The van der Waals surface area contributed by atoms with Crippen LogP contribution in [-0.2, 0) is 0 Å². The Morgan fingerprint density at radius 1 is 1.37 bits per heavy atom. The van der Waals surface area contributed by atoms with Crippen LogP contribution in [0.5, 0.6) is 11.5 Å². The van der Waals surface area contributed by atoms with E-state index in [1.165, 1.54) is 6.07 Å². The van der Waals surface area contributed by atoms with Gasteiger partial charge in [-0.15, -0.1) is 0 Å². The number of primary amides is 1. The molecular formula is C13H12FN3O2. The molecular weight excluding hydrogens is 249 g/mol. The van der Waals surface area contributed by atoms with Crippen LogP contribution in [0.1, 0.15) is 16.1 Å². The van der Waals surface area contributed by atoms with Crippen molar-refractivity contribution in [3.05, 3.63) is 47.5 Å². The van der Waals surface area contributed by atoms with Crippen LogP contribution in [0, 0.1) is 12.7 Å². The molecule has 1 aromatic heterocycles. The largest absolute Gasteiger partial charge is 0.452 e. The zero-order valence-electron chi connectivity index (χ0n) is 10.2. The Morgan fingerprint density at radius 2 is 2.11 bits per heavy atom. The van der Waals surface area contributed by atoms with Gasteiger partial charge >= 0.3 is 0 Å². The van der Waals surface area contributed by atoms with E-state index in [1.54, 1.807) is 25.3 Å². The zero-order chi connectivity index (χ0) is 14.0. The Labute approximate surface area is 109 Å². The number of carbonyl (C=O) groups is 1. The van der Waals surface area contributed by atoms with Crippen molar-refractivity contribution in [2.24, 2.45) is 5.73 Å². The maximum atomic E-state index is 13.7. The first-order valence-electron chi connectivity index (χ1n) is 5.47. The van der Waals surface area contributed by atoms with Gasteiger partial charge in [-0.05, 0) is 25.1 Å². The van der Waals surface area contributed by atoms with E-state index in [0.717, 1.165) is 6.07 Å². The maximum absolute atomic E-state index is 13.7. The number of amides is 1. The molecule has 98 valence electrons. The van der Waals surface area contributed by atoms with Crippen molar-refractivity contribution in [2.45, 2.75) is 6.92 Å². The number of ether oxygens (including phenoxy) is 1. The Hall–Kier alpha value is -2.63. The highest BCUT2D eigenvalue weighted by Gasteiger charge is 2.14. The molecule has 19 heavy (non-hydrogen) atoms. The number of hydrogen-bond donors (Lipinski definition) is 2. The molecule has 0 aliphatic carbocycles. The van der Waals surface area contributed by atoms with E-state index >= 15 is 0 Å². The summed E-state index contributed by atoms with van der Waals surface area (Å²) in [5.41, 5.74) is 11.2. The molecule has 0 saturated carbocycles. The third-order valence-corrected chi connectivity index (χ3v) is 2.55. The number of carbonyl (C=O) groups excluding carboxylic acids is 1. The number of halogens is 1. The van der Waals surface area contributed by atoms with Gasteiger partial charge in [-0.1, -0.05) is 0 Å². The summed E-state index contributed by atoms with van der Waals surface area (Å²) in [6, 6.07) is 5.48. The van der Waals surface area contributed by atoms with Gasteiger partial charge in [0.1, 0.15) is 5.75 Å². The zero-order valence-corrected chi connectivity index (χ0v) is 10.2. The third kappa shape index (κ3) is 2.62. The van der Waals surface area contributed by atoms with Gasteiger partial charge < -0.3 is 16.2 Å². The van der Waals surface area contributed by atoms with Crippen LogP contribution < -0.4 is 16.2 Å². The van der Waals surface area contributed by atoms with Crippen LogP contribution in [-0.4, -0.2) is 10.9 Å². The molecule has 2 rings (SSSR count). The van der Waals surface area contributed by atoms with E-state index in [-0.39, 0.29) is 17.0 Å². The number of aryl methyl sites for hydroxylation is 1. The lowest BCUT2D eigenvalue weighted by Gasteiger charge is -2.10. The summed E-state index contributed by atoms with van der Waals surface area (Å²) in [5, 5.41) is 0. The molecule has 0 aliphatic heterocycles. The van der Waals surface area contributed by atoms with Crippen LogP contribution in [0.2, 0.25) is 0 Å². The van der Waals surface area contributed by atoms with Gasteiger partial charge in [0, 0.05) is 18.0 Å². The number of nitrogens with zero attached hydrogens (tertiary/aromatic N) is 1. The molecule has 2 aromatic rings. The second-order valence-corrected chi connectivity index (χ2v) is 3.92. The third-order valence-electron chi connectivity index (χ3n) is 2.55. The highest BCUT2D eigenvalue weighted by Crippen LogP contribution is 2.29. The number of rotatable bonds is 3. The lowest BCUT2D eigenvalue weighted by atomic mass is 10.1. The Balaban J connectivity index is 2.43. The maximum Gasteiger partial charge on any atom is 0.250 e. The summed E-state index contributed by atoms with van der Waals surface area (Å²) in [6.07, 6.45) is 1.59. The van der Waals surface area contributed by atoms with Crippen molar-refractivity contribution in [2.75, 3.05) is 5.73 Å². The van der Waals surface area contributed by atoms with Gasteiger partial charge in [-0.2, -0.15) is 0 Å². The predicted octanol–water partition coefficient (Wildman–Crippen LogP) is 2.00. The van der Waals surface area contributed by atoms with Gasteiger partial charge in [0.25, 0.3) is 5.91 Å². The van der Waals surface area contributed by atoms with Crippen molar-refractivity contribution >= 4 is 11.6 Å². The van der Waals surface area contributed by atoms with Crippen LogP contribution in [0.25, 0.3) is 0 Å². The summed E-state index contributed by atoms with van der Waals surface area (Å²) < 4.78 is 19.1. The summed E-state index contributed by atoms with van der Waals surface area (Å²) in [7, 11) is 0. The minimum atomic E-state index is -0.745. The molecule has 1 aromatic carbocycles. The topological polar surface area (TPSA) is 91.2 Å². The number of hydrogen-bond acceptors (Lipinski definition) is 4. The fourth-order valence-corrected chi connectivity index (χ4v) is 1.56. The summed E-state index contributed by atoms with van der Waals surface area (Å²) >= 11 is 0. The molecule has 6 heteroatoms. The highest BCUT2D eigenvalue weighted by molar-refractivity contribution is 5.98. The Kier molecular flexibility index (Phi) is 3.33. The number of benzene rings is 1. The smallest absolute Gasteiger partial charge is 0.250 e. The summed E-state index contributed by atoms with van der Waals surface area (Å²) in [5.74, 6) is -1.16. The van der Waals surface area contributed by atoms with Crippen LogP contribution >= 0.6 is 0 Å². The van der Waals surface area contributed by atoms with Gasteiger partial charge in [0.2, 0.25) is 0 Å². The molecule has 0 saturated heterocycles. The fourth-order valence-electron chi connectivity index (χ4n) is 1.56. The van der Waals surface area contributed by atoms with Crippen molar-refractivity contribution in [3.63, 3.8) is 0 Å². The fraction of sp³-hybridized carbons (Fsp3) is 0.0769. The molecule has 0 radical (unpaired) electrons. The van der Waals surface area contributed by atoms with E-state index in [9.17, 15) is 9.18 Å². The van der Waals surface area contributed by atoms with Gasteiger partial charge in [0.15, 0.2) is 11.6 Å². The normalized spacial score (nSPS) is 10.2. The molecule has 0 fully saturated rings. The number of nitrogen functional groups attached to an aromatic ring is 1. The SMILES string of the molecule is Cc1ncccc1Oc1cc(C(N)=O)c(N)cc1F. The quantitative estimate of drug-likeness (QED) is 0.827. The summed E-state index contributed by atoms with van der Waals surface area (Å²) in [6.45, 7) is 1.72. The second-order valence-electron chi connectivity index (χ2n) is 3.92. The van der Waals surface area contributed by atoms with Crippen molar-refractivity contribution in [3.8, 4) is 11.5 Å². The number of anilines is 1. The van der Waals surface area contributed by atoms with E-state index in [1.807, 2.05) is 0 Å². The first kappa shape index (κ1) is 12.8. The van der Waals surface area contributed by atoms with Gasteiger partial charge in [-0.3, -0.25) is 9.78 Å². The standard InChI is InChI=1S/C13H12FN3O2/c1-7-11(3-2-4-17-7)19-12-5-8(13(16)18)10(15)6-9(12)14/h2-6H,15H2,1H3,(H2,16,18). The number of nitrogens with two attached hydrogens (primary N) is 2. The van der Waals surface area contributed by atoms with E-state index in [4.69, 9.17) is 16.2 Å². The minimum Gasteiger partial charge on any atom is -0.452 e. The second kappa shape index (κ2) is 4.93. The van der Waals surface area contributed by atoms with E-state index in [0.29, 0.717) is 11.4 Å². The number of pyridine rings is 1. The Morgan fingerprint density at radius 3 is 2.74 bits per heavy atom. The summed E-state index contributed by atoms with van der Waals surface area (Å²) in [4.78, 5) is 15.2. The van der Waals surface area contributed by atoms with Crippen LogP contribution in [0.3, 0.4) is 0 Å². The first-order chi connectivity index (χ1) is 8.99. The lowest BCUT2D eigenvalue weighted by Crippen LogP contribution is -2.14. The molecule has 1 amide bonds. The molecule has 0 aliphatic rings. The van der Waals surface area contributed by atoms with Crippen LogP contribution in [0.4, 0.5) is 10.1 Å². The first-order valence-corrected chi connectivity index (χ1v) is 5.47. The van der Waals surface area contributed by atoms with E-state index in [2.05, 4.69) is 4.98 Å². The molecule has 0 spiro atoms. The predicted molar refractivity (Wildman–Crippen MR) is 68.4 cm³/mol. The van der Waals surface area contributed by atoms with Gasteiger partial charge in [0.05, 0.1) is 11.3 Å². The lowest BCUT2D eigenvalue weighted by molar-refractivity contribution is 0.100.